The van der Waals surface area contributed by atoms with Gasteiger partial charge in [0.2, 0.25) is 5.91 Å². The van der Waals surface area contributed by atoms with E-state index in [9.17, 15) is 13.2 Å². The summed E-state index contributed by atoms with van der Waals surface area (Å²) in [5.41, 5.74) is 3.40. The Bertz CT molecular complexity index is 1400. The lowest BCUT2D eigenvalue weighted by atomic mass is 10.1. The number of anilines is 2. The number of nitrogens with zero attached hydrogens (tertiary/aromatic N) is 3. The Labute approximate surface area is 229 Å². The molecule has 0 aromatic heterocycles. The SMILES string of the molecule is COc1ccc(N(CC(=O)N2CCN(c3cc(Cl)ccc3C)CC2)S(=O)(=O)c2ccc(C)cc2)cc1OC. The van der Waals surface area contributed by atoms with Crippen molar-refractivity contribution in [2.24, 2.45) is 0 Å². The highest BCUT2D eigenvalue weighted by Crippen LogP contribution is 2.34. The second-order valence-electron chi connectivity index (χ2n) is 9.16. The van der Waals surface area contributed by atoms with Gasteiger partial charge in [-0.1, -0.05) is 35.4 Å². The standard InChI is InChI=1S/C28H32ClN3O5S/c1-20-5-10-24(11-6-20)38(34,35)32(23-9-12-26(36-3)27(18-23)37-4)19-28(33)31-15-13-30(14-16-31)25-17-22(29)8-7-21(25)2/h5-12,17-18H,13-16,19H2,1-4H3. The number of rotatable bonds is 8. The minimum atomic E-state index is -4.05. The molecule has 0 spiro atoms. The molecule has 0 atom stereocenters. The number of halogens is 1. The Balaban J connectivity index is 1.59. The first-order chi connectivity index (χ1) is 18.1. The van der Waals surface area contributed by atoms with Gasteiger partial charge in [-0.25, -0.2) is 8.42 Å². The number of carbonyl (C=O) groups is 1. The summed E-state index contributed by atoms with van der Waals surface area (Å²) in [5.74, 6) is 0.549. The van der Waals surface area contributed by atoms with Gasteiger partial charge in [-0.2, -0.15) is 0 Å². The number of piperazine rings is 1. The molecule has 0 unspecified atom stereocenters. The summed E-state index contributed by atoms with van der Waals surface area (Å²) in [4.78, 5) is 17.5. The number of ether oxygens (including phenoxy) is 2. The third-order valence-corrected chi connectivity index (χ3v) is 8.71. The van der Waals surface area contributed by atoms with Gasteiger partial charge in [-0.3, -0.25) is 9.10 Å². The minimum absolute atomic E-state index is 0.104. The smallest absolute Gasteiger partial charge is 0.264 e. The molecule has 3 aromatic carbocycles. The Kier molecular flexibility index (Phi) is 8.38. The first kappa shape index (κ1) is 27.6. The van der Waals surface area contributed by atoms with Crippen molar-refractivity contribution >= 4 is 38.9 Å². The van der Waals surface area contributed by atoms with Gasteiger partial charge < -0.3 is 19.3 Å². The average molecular weight is 558 g/mol. The predicted molar refractivity (Wildman–Crippen MR) is 150 cm³/mol. The van der Waals surface area contributed by atoms with E-state index in [1.165, 1.54) is 14.2 Å². The van der Waals surface area contributed by atoms with Crippen LogP contribution in [0.3, 0.4) is 0 Å². The van der Waals surface area contributed by atoms with Crippen molar-refractivity contribution in [1.82, 2.24) is 4.90 Å². The largest absolute Gasteiger partial charge is 0.493 e. The molecule has 3 aromatic rings. The molecule has 1 aliphatic rings. The summed E-state index contributed by atoms with van der Waals surface area (Å²) in [6.45, 7) is 5.74. The Morgan fingerprint density at radius 1 is 0.895 bits per heavy atom. The molecule has 1 saturated heterocycles. The Hall–Kier alpha value is -3.43. The lowest BCUT2D eigenvalue weighted by Crippen LogP contribution is -2.52. The van der Waals surface area contributed by atoms with Crippen molar-refractivity contribution in [1.29, 1.82) is 0 Å². The van der Waals surface area contributed by atoms with E-state index in [1.807, 2.05) is 32.0 Å². The van der Waals surface area contributed by atoms with E-state index in [4.69, 9.17) is 21.1 Å². The fourth-order valence-corrected chi connectivity index (χ4v) is 6.05. The van der Waals surface area contributed by atoms with E-state index in [2.05, 4.69) is 4.90 Å². The first-order valence-electron chi connectivity index (χ1n) is 12.2. The molecule has 38 heavy (non-hydrogen) atoms. The molecule has 4 rings (SSSR count). The zero-order valence-corrected chi connectivity index (χ0v) is 23.6. The number of methoxy groups -OCH3 is 2. The Morgan fingerprint density at radius 2 is 1.55 bits per heavy atom. The monoisotopic (exact) mass is 557 g/mol. The number of amides is 1. The van der Waals surface area contributed by atoms with Gasteiger partial charge in [0.25, 0.3) is 10.0 Å². The van der Waals surface area contributed by atoms with Crippen LogP contribution in [0.2, 0.25) is 5.02 Å². The predicted octanol–water partition coefficient (Wildman–Crippen LogP) is 4.52. The van der Waals surface area contributed by atoms with Gasteiger partial charge in [-0.15, -0.1) is 0 Å². The van der Waals surface area contributed by atoms with E-state index < -0.39 is 10.0 Å². The van der Waals surface area contributed by atoms with Crippen LogP contribution in [0.1, 0.15) is 11.1 Å². The molecule has 0 bridgehead atoms. The zero-order chi connectivity index (χ0) is 27.4. The second-order valence-corrected chi connectivity index (χ2v) is 11.5. The molecule has 0 aliphatic carbocycles. The van der Waals surface area contributed by atoms with Gasteiger partial charge in [0, 0.05) is 43.0 Å². The van der Waals surface area contributed by atoms with E-state index in [1.54, 1.807) is 47.4 Å². The van der Waals surface area contributed by atoms with Crippen molar-refractivity contribution in [3.05, 3.63) is 76.8 Å². The molecule has 1 aliphatic heterocycles. The van der Waals surface area contributed by atoms with Crippen molar-refractivity contribution in [3.8, 4) is 11.5 Å². The highest BCUT2D eigenvalue weighted by molar-refractivity contribution is 7.92. The van der Waals surface area contributed by atoms with Gasteiger partial charge in [-0.05, 0) is 55.8 Å². The fourth-order valence-electron chi connectivity index (χ4n) is 4.48. The molecule has 8 nitrogen and oxygen atoms in total. The van der Waals surface area contributed by atoms with E-state index in [0.29, 0.717) is 48.4 Å². The number of sulfonamides is 1. The molecule has 1 heterocycles. The van der Waals surface area contributed by atoms with Crippen molar-refractivity contribution in [2.45, 2.75) is 18.7 Å². The summed E-state index contributed by atoms with van der Waals surface area (Å²) in [6.07, 6.45) is 0. The van der Waals surface area contributed by atoms with Crippen LogP contribution in [0.15, 0.2) is 65.6 Å². The van der Waals surface area contributed by atoms with Crippen LogP contribution in [0.25, 0.3) is 0 Å². The quantitative estimate of drug-likeness (QED) is 0.405. The van der Waals surface area contributed by atoms with Crippen molar-refractivity contribution < 1.29 is 22.7 Å². The highest BCUT2D eigenvalue weighted by Gasteiger charge is 2.31. The molecular formula is C28H32ClN3O5S. The Morgan fingerprint density at radius 3 is 2.18 bits per heavy atom. The lowest BCUT2D eigenvalue weighted by Gasteiger charge is -2.37. The zero-order valence-electron chi connectivity index (χ0n) is 22.0. The third kappa shape index (κ3) is 5.84. The summed E-state index contributed by atoms with van der Waals surface area (Å²) in [6, 6.07) is 17.1. The van der Waals surface area contributed by atoms with Gasteiger partial charge in [0.15, 0.2) is 11.5 Å². The molecule has 0 saturated carbocycles. The molecule has 1 amide bonds. The molecular weight excluding hydrogens is 526 g/mol. The van der Waals surface area contributed by atoms with E-state index in [0.717, 1.165) is 21.1 Å². The van der Waals surface area contributed by atoms with Gasteiger partial charge >= 0.3 is 0 Å². The van der Waals surface area contributed by atoms with Gasteiger partial charge in [0.1, 0.15) is 6.54 Å². The van der Waals surface area contributed by atoms with Crippen LogP contribution in [0, 0.1) is 13.8 Å². The van der Waals surface area contributed by atoms with Crippen LogP contribution in [0.4, 0.5) is 11.4 Å². The number of hydrogen-bond donors (Lipinski definition) is 0. The van der Waals surface area contributed by atoms with Crippen LogP contribution in [-0.2, 0) is 14.8 Å². The van der Waals surface area contributed by atoms with Crippen molar-refractivity contribution in [2.75, 3.05) is 56.1 Å². The molecule has 202 valence electrons. The maximum absolute atomic E-state index is 13.8. The number of aryl methyl sites for hydroxylation is 2. The highest BCUT2D eigenvalue weighted by atomic mass is 35.5. The molecule has 1 fully saturated rings. The topological polar surface area (TPSA) is 79.4 Å². The maximum Gasteiger partial charge on any atom is 0.264 e. The van der Waals surface area contributed by atoms with Crippen LogP contribution in [0.5, 0.6) is 11.5 Å². The molecule has 10 heteroatoms. The maximum atomic E-state index is 13.8. The normalized spacial score (nSPS) is 13.8. The number of hydrogen-bond acceptors (Lipinski definition) is 6. The van der Waals surface area contributed by atoms with Crippen LogP contribution < -0.4 is 18.7 Å². The lowest BCUT2D eigenvalue weighted by molar-refractivity contribution is -0.129. The van der Waals surface area contributed by atoms with E-state index in [-0.39, 0.29) is 17.3 Å². The molecule has 0 radical (unpaired) electrons. The van der Waals surface area contributed by atoms with Crippen LogP contribution in [-0.4, -0.2) is 66.2 Å². The van der Waals surface area contributed by atoms with Crippen LogP contribution >= 0.6 is 11.6 Å². The molecule has 0 N–H and O–H groups in total. The second kappa shape index (κ2) is 11.5. The number of benzene rings is 3. The van der Waals surface area contributed by atoms with E-state index >= 15 is 0 Å². The summed E-state index contributed by atoms with van der Waals surface area (Å²) in [7, 11) is -1.06. The summed E-state index contributed by atoms with van der Waals surface area (Å²) >= 11 is 6.20. The third-order valence-electron chi connectivity index (χ3n) is 6.69. The fraction of sp³-hybridized carbons (Fsp3) is 0.321. The van der Waals surface area contributed by atoms with Gasteiger partial charge in [0.05, 0.1) is 24.8 Å². The van der Waals surface area contributed by atoms with Crippen molar-refractivity contribution in [3.63, 3.8) is 0 Å². The first-order valence-corrected chi connectivity index (χ1v) is 14.1. The average Bonchev–Trinajstić information content (AvgIpc) is 2.92. The number of carbonyl (C=O) groups excluding carboxylic acids is 1. The summed E-state index contributed by atoms with van der Waals surface area (Å²) < 4.78 is 39.4. The minimum Gasteiger partial charge on any atom is -0.493 e. The summed E-state index contributed by atoms with van der Waals surface area (Å²) in [5, 5.41) is 0.663.